The first-order valence-corrected chi connectivity index (χ1v) is 13.9. The molecular weight excluding hydrogens is 513 g/mol. The van der Waals surface area contributed by atoms with E-state index in [1.807, 2.05) is 4.57 Å². The Balaban J connectivity index is 1.55. The molecule has 7 rings (SSSR count). The van der Waals surface area contributed by atoms with Gasteiger partial charge >= 0.3 is 0 Å². The van der Waals surface area contributed by atoms with E-state index < -0.39 is 26.8 Å². The number of hydrogen-bond acceptors (Lipinski definition) is 5. The van der Waals surface area contributed by atoms with Crippen LogP contribution in [-0.2, 0) is 10.0 Å². The second-order valence-electron chi connectivity index (χ2n) is 9.17. The van der Waals surface area contributed by atoms with E-state index >= 15 is 4.39 Å². The molecule has 3 aromatic heterocycles. The zero-order valence-corrected chi connectivity index (χ0v) is 20.8. The molecule has 3 heterocycles. The van der Waals surface area contributed by atoms with E-state index in [2.05, 4.69) is 4.37 Å². The van der Waals surface area contributed by atoms with Crippen molar-refractivity contribution in [2.75, 3.05) is 0 Å². The maximum Gasteiger partial charge on any atom is 0.271 e. The highest BCUT2D eigenvalue weighted by molar-refractivity contribution is 7.90. The summed E-state index contributed by atoms with van der Waals surface area (Å²) in [5, 5.41) is 0.736. The molecule has 37 heavy (non-hydrogen) atoms. The molecule has 1 saturated carbocycles. The van der Waals surface area contributed by atoms with Gasteiger partial charge in [0.05, 0.1) is 15.9 Å². The van der Waals surface area contributed by atoms with Gasteiger partial charge in [0, 0.05) is 34.1 Å². The first-order valence-electron chi connectivity index (χ1n) is 11.7. The van der Waals surface area contributed by atoms with E-state index in [0.717, 1.165) is 24.4 Å². The first-order chi connectivity index (χ1) is 17.9. The van der Waals surface area contributed by atoms with Crippen molar-refractivity contribution >= 4 is 53.6 Å². The fourth-order valence-corrected chi connectivity index (χ4v) is 7.34. The van der Waals surface area contributed by atoms with E-state index in [9.17, 15) is 18.0 Å². The van der Waals surface area contributed by atoms with Gasteiger partial charge in [-0.2, -0.15) is 0 Å². The van der Waals surface area contributed by atoms with Crippen molar-refractivity contribution in [1.82, 2.24) is 12.9 Å². The van der Waals surface area contributed by atoms with Gasteiger partial charge in [0.1, 0.15) is 16.0 Å². The van der Waals surface area contributed by atoms with Crippen LogP contribution in [0.15, 0.2) is 87.4 Å². The molecule has 3 aromatic carbocycles. The van der Waals surface area contributed by atoms with Crippen molar-refractivity contribution in [2.45, 2.75) is 23.8 Å². The number of para-hydroxylation sites is 1. The number of halogens is 1. The normalized spacial score (nSPS) is 14.2. The third-order valence-corrected chi connectivity index (χ3v) is 9.47. The Morgan fingerprint density at radius 2 is 1.62 bits per heavy atom. The molecule has 0 unspecified atom stereocenters. The van der Waals surface area contributed by atoms with Gasteiger partial charge in [-0.1, -0.05) is 36.4 Å². The second-order valence-corrected chi connectivity index (χ2v) is 11.8. The molecule has 10 heteroatoms. The largest absolute Gasteiger partial charge is 0.328 e. The quantitative estimate of drug-likeness (QED) is 0.337. The maximum atomic E-state index is 15.7. The first kappa shape index (κ1) is 22.2. The van der Waals surface area contributed by atoms with Crippen LogP contribution in [0.2, 0.25) is 0 Å². The monoisotopic (exact) mass is 531 g/mol. The zero-order chi connectivity index (χ0) is 25.5. The van der Waals surface area contributed by atoms with Crippen LogP contribution in [0.25, 0.3) is 43.1 Å². The predicted molar refractivity (Wildman–Crippen MR) is 142 cm³/mol. The molecule has 7 nitrogen and oxygen atoms in total. The Bertz CT molecular complexity index is 2120. The third kappa shape index (κ3) is 3.19. The number of pyridine rings is 1. The average Bonchev–Trinajstić information content (AvgIpc) is 3.55. The molecule has 1 fully saturated rings. The van der Waals surface area contributed by atoms with E-state index in [4.69, 9.17) is 0 Å². The minimum absolute atomic E-state index is 0.0436. The van der Waals surface area contributed by atoms with Gasteiger partial charge in [0.25, 0.3) is 15.6 Å². The number of H-pyrrole nitrogens is 1. The van der Waals surface area contributed by atoms with E-state index in [-0.39, 0.29) is 27.3 Å². The fourth-order valence-electron chi connectivity index (χ4n) is 5.02. The van der Waals surface area contributed by atoms with Crippen molar-refractivity contribution in [1.29, 1.82) is 0 Å². The molecule has 0 atom stereocenters. The summed E-state index contributed by atoms with van der Waals surface area (Å²) in [6.07, 6.45) is 3.21. The Morgan fingerprint density at radius 1 is 0.892 bits per heavy atom. The number of fused-ring (bicyclic) bond motifs is 3. The molecule has 184 valence electrons. The molecule has 1 aliphatic rings. The fraction of sp³-hybridized carbons (Fsp3) is 0.111. The maximum absolute atomic E-state index is 15.7. The molecule has 0 radical (unpaired) electrons. The summed E-state index contributed by atoms with van der Waals surface area (Å²) in [6, 6.07) is 17.9. The number of aromatic nitrogens is 3. The van der Waals surface area contributed by atoms with Crippen LogP contribution in [0.5, 0.6) is 0 Å². The van der Waals surface area contributed by atoms with Crippen LogP contribution in [0.1, 0.15) is 18.9 Å². The summed E-state index contributed by atoms with van der Waals surface area (Å²) in [5.41, 5.74) is 0.534. The van der Waals surface area contributed by atoms with Gasteiger partial charge < -0.3 is 4.57 Å². The standard InChI is InChI=1S/C27H18FN3O4S2/c28-21-12-19-23(31(15-10-11-15)27-24(25(19)32)26(33)29-36-27)13-18(21)20-14-30(22-9-5-4-8-17(20)22)37(34,35)16-6-2-1-3-7-16/h1-9,12-15H,10-11H2,(H,29,33). The average molecular weight is 532 g/mol. The smallest absolute Gasteiger partial charge is 0.271 e. The Labute approximate surface area is 213 Å². The van der Waals surface area contributed by atoms with Gasteiger partial charge in [-0.25, -0.2) is 16.8 Å². The number of rotatable bonds is 4. The van der Waals surface area contributed by atoms with E-state index in [1.165, 1.54) is 28.4 Å². The molecule has 0 amide bonds. The molecule has 1 N–H and O–H groups in total. The summed E-state index contributed by atoms with van der Waals surface area (Å²) < 4.78 is 48.5. The Morgan fingerprint density at radius 3 is 2.38 bits per heavy atom. The summed E-state index contributed by atoms with van der Waals surface area (Å²) in [6.45, 7) is 0. The Kier molecular flexibility index (Phi) is 4.64. The van der Waals surface area contributed by atoms with Gasteiger partial charge in [0.2, 0.25) is 5.43 Å². The van der Waals surface area contributed by atoms with Crippen LogP contribution in [-0.4, -0.2) is 21.3 Å². The summed E-state index contributed by atoms with van der Waals surface area (Å²) in [4.78, 5) is 26.2. The van der Waals surface area contributed by atoms with Crippen LogP contribution in [0.4, 0.5) is 4.39 Å². The lowest BCUT2D eigenvalue weighted by molar-refractivity contribution is 0.589. The van der Waals surface area contributed by atoms with Crippen molar-refractivity contribution in [2.24, 2.45) is 0 Å². The SMILES string of the molecule is O=c1[nH]sc2c1c(=O)c1cc(F)c(-c3cn(S(=O)(=O)c4ccccc4)c4ccccc34)cc1n2C1CC1. The lowest BCUT2D eigenvalue weighted by Crippen LogP contribution is -2.15. The molecule has 0 aliphatic heterocycles. The van der Waals surface area contributed by atoms with Crippen molar-refractivity contribution in [3.05, 3.63) is 99.3 Å². The van der Waals surface area contributed by atoms with Gasteiger partial charge in [-0.3, -0.25) is 14.0 Å². The number of aromatic amines is 1. The highest BCUT2D eigenvalue weighted by atomic mass is 32.2. The molecular formula is C27H18FN3O4S2. The summed E-state index contributed by atoms with van der Waals surface area (Å²) in [7, 11) is -3.95. The molecule has 1 aliphatic carbocycles. The number of hydrogen-bond donors (Lipinski definition) is 1. The number of nitrogens with zero attached hydrogens (tertiary/aromatic N) is 2. The summed E-state index contributed by atoms with van der Waals surface area (Å²) in [5.74, 6) is -0.669. The van der Waals surface area contributed by atoms with Crippen molar-refractivity contribution in [3.8, 4) is 11.1 Å². The topological polar surface area (TPSA) is 93.9 Å². The minimum Gasteiger partial charge on any atom is -0.328 e. The predicted octanol–water partition coefficient (Wildman–Crippen LogP) is 5.24. The lowest BCUT2D eigenvalue weighted by Gasteiger charge is -2.13. The highest BCUT2D eigenvalue weighted by Gasteiger charge is 2.30. The van der Waals surface area contributed by atoms with Crippen molar-refractivity contribution in [3.63, 3.8) is 0 Å². The third-order valence-electron chi connectivity index (χ3n) is 6.90. The van der Waals surface area contributed by atoms with Gasteiger partial charge in [0.15, 0.2) is 0 Å². The molecule has 0 saturated heterocycles. The molecule has 0 bridgehead atoms. The number of benzene rings is 3. The van der Waals surface area contributed by atoms with Crippen LogP contribution in [0.3, 0.4) is 0 Å². The van der Waals surface area contributed by atoms with Gasteiger partial charge in [-0.05, 0) is 54.7 Å². The van der Waals surface area contributed by atoms with Crippen LogP contribution in [0, 0.1) is 5.82 Å². The van der Waals surface area contributed by atoms with Crippen LogP contribution < -0.4 is 11.0 Å². The highest BCUT2D eigenvalue weighted by Crippen LogP contribution is 2.42. The molecule has 0 spiro atoms. The van der Waals surface area contributed by atoms with Crippen LogP contribution >= 0.6 is 11.5 Å². The van der Waals surface area contributed by atoms with Crippen molar-refractivity contribution < 1.29 is 12.8 Å². The van der Waals surface area contributed by atoms with E-state index in [1.54, 1.807) is 48.5 Å². The van der Waals surface area contributed by atoms with Gasteiger partial charge in [-0.15, -0.1) is 0 Å². The Hall–Kier alpha value is -4.02. The lowest BCUT2D eigenvalue weighted by atomic mass is 10.0. The van der Waals surface area contributed by atoms with E-state index in [0.29, 0.717) is 26.8 Å². The minimum atomic E-state index is -3.95. The zero-order valence-electron chi connectivity index (χ0n) is 19.1. The number of nitrogens with one attached hydrogen (secondary N) is 1. The second kappa shape index (κ2) is 7.74. The molecule has 6 aromatic rings. The summed E-state index contributed by atoms with van der Waals surface area (Å²) >= 11 is 1.10.